The Kier molecular flexibility index (Phi) is 9.79. The van der Waals surface area contributed by atoms with Crippen molar-refractivity contribution in [2.24, 2.45) is 0 Å². The maximum atomic E-state index is 5.58. The average molecular weight is 245 g/mol. The van der Waals surface area contributed by atoms with Crippen LogP contribution in [0.25, 0.3) is 0 Å². The summed E-state index contributed by atoms with van der Waals surface area (Å²) in [5, 5.41) is 3.47. The fraction of sp³-hybridized carbons (Fsp3) is 1.00. The van der Waals surface area contributed by atoms with Gasteiger partial charge in [-0.3, -0.25) is 0 Å². The Morgan fingerprint density at radius 1 is 1.06 bits per heavy atom. The van der Waals surface area contributed by atoms with E-state index in [0.717, 1.165) is 19.6 Å². The van der Waals surface area contributed by atoms with Gasteiger partial charge in [0.05, 0.1) is 18.8 Å². The molecule has 0 amide bonds. The Bertz CT molecular complexity index is 166. The Morgan fingerprint density at radius 2 is 1.76 bits per heavy atom. The van der Waals surface area contributed by atoms with E-state index in [4.69, 9.17) is 9.47 Å². The molecule has 0 aromatic rings. The van der Waals surface area contributed by atoms with Crippen LogP contribution in [0.5, 0.6) is 0 Å². The molecule has 0 aromatic heterocycles. The lowest BCUT2D eigenvalue weighted by molar-refractivity contribution is -0.0353. The summed E-state index contributed by atoms with van der Waals surface area (Å²) >= 11 is 0. The van der Waals surface area contributed by atoms with Crippen LogP contribution in [-0.2, 0) is 9.47 Å². The molecule has 1 unspecified atom stereocenters. The molecule has 0 saturated heterocycles. The van der Waals surface area contributed by atoms with Gasteiger partial charge >= 0.3 is 0 Å². The molecule has 0 fully saturated rings. The number of nitrogens with one attached hydrogen (secondary N) is 1. The van der Waals surface area contributed by atoms with E-state index in [-0.39, 0.29) is 5.60 Å². The topological polar surface area (TPSA) is 30.5 Å². The molecule has 1 N–H and O–H groups in total. The molecular formula is C14H31NO2. The van der Waals surface area contributed by atoms with Crippen LogP contribution >= 0.6 is 0 Å². The third kappa shape index (κ3) is 12.1. The summed E-state index contributed by atoms with van der Waals surface area (Å²) in [6, 6.07) is 0.648. The van der Waals surface area contributed by atoms with Crippen molar-refractivity contribution < 1.29 is 9.47 Å². The van der Waals surface area contributed by atoms with Gasteiger partial charge < -0.3 is 14.8 Å². The molecule has 0 radical (unpaired) electrons. The molecule has 3 heteroatoms. The minimum Gasteiger partial charge on any atom is -0.379 e. The van der Waals surface area contributed by atoms with Crippen LogP contribution < -0.4 is 5.32 Å². The molecule has 0 aliphatic rings. The smallest absolute Gasteiger partial charge is 0.0707 e. The minimum atomic E-state index is -0.0539. The van der Waals surface area contributed by atoms with Crippen molar-refractivity contribution in [3.63, 3.8) is 0 Å². The van der Waals surface area contributed by atoms with Crippen molar-refractivity contribution >= 4 is 0 Å². The van der Waals surface area contributed by atoms with E-state index < -0.39 is 0 Å². The van der Waals surface area contributed by atoms with E-state index in [1.807, 2.05) is 0 Å². The summed E-state index contributed by atoms with van der Waals surface area (Å²) in [6.07, 6.45) is 3.52. The van der Waals surface area contributed by atoms with Crippen molar-refractivity contribution in [2.75, 3.05) is 26.4 Å². The first-order valence-electron chi connectivity index (χ1n) is 6.94. The molecule has 17 heavy (non-hydrogen) atoms. The first kappa shape index (κ1) is 16.9. The van der Waals surface area contributed by atoms with E-state index in [1.54, 1.807) is 0 Å². The molecular weight excluding hydrogens is 214 g/mol. The van der Waals surface area contributed by atoms with Gasteiger partial charge in [0.2, 0.25) is 0 Å². The molecule has 0 spiro atoms. The number of rotatable bonds is 10. The summed E-state index contributed by atoms with van der Waals surface area (Å²) in [4.78, 5) is 0. The van der Waals surface area contributed by atoms with Crippen LogP contribution in [0.4, 0.5) is 0 Å². The lowest BCUT2D eigenvalue weighted by atomic mass is 10.1. The van der Waals surface area contributed by atoms with Crippen molar-refractivity contribution in [1.29, 1.82) is 0 Å². The summed E-state index contributed by atoms with van der Waals surface area (Å²) in [6.45, 7) is 13.9. The first-order valence-corrected chi connectivity index (χ1v) is 6.94. The van der Waals surface area contributed by atoms with Gasteiger partial charge in [-0.2, -0.15) is 0 Å². The molecule has 0 rings (SSSR count). The summed E-state index contributed by atoms with van der Waals surface area (Å²) < 4.78 is 11.1. The molecule has 0 aliphatic carbocycles. The van der Waals surface area contributed by atoms with Crippen molar-refractivity contribution in [1.82, 2.24) is 5.32 Å². The van der Waals surface area contributed by atoms with E-state index in [2.05, 4.69) is 39.9 Å². The highest BCUT2D eigenvalue weighted by Gasteiger charge is 2.09. The SMILES string of the molecule is CCNC(CC)CCCOCCOC(C)(C)C. The highest BCUT2D eigenvalue weighted by molar-refractivity contribution is 4.63. The average Bonchev–Trinajstić information content (AvgIpc) is 2.24. The fourth-order valence-corrected chi connectivity index (χ4v) is 1.68. The van der Waals surface area contributed by atoms with Gasteiger partial charge in [-0.05, 0) is 46.6 Å². The van der Waals surface area contributed by atoms with Crippen LogP contribution in [0.1, 0.15) is 53.9 Å². The highest BCUT2D eigenvalue weighted by atomic mass is 16.5. The normalized spacial score (nSPS) is 13.9. The third-order valence-electron chi connectivity index (χ3n) is 2.59. The van der Waals surface area contributed by atoms with Crippen LogP contribution in [0, 0.1) is 0 Å². The zero-order chi connectivity index (χ0) is 13.1. The van der Waals surface area contributed by atoms with Crippen LogP contribution in [-0.4, -0.2) is 38.0 Å². The van der Waals surface area contributed by atoms with E-state index in [9.17, 15) is 0 Å². The summed E-state index contributed by atoms with van der Waals surface area (Å²) in [7, 11) is 0. The minimum absolute atomic E-state index is 0.0539. The van der Waals surface area contributed by atoms with Crippen LogP contribution in [0.15, 0.2) is 0 Å². The van der Waals surface area contributed by atoms with E-state index in [0.29, 0.717) is 19.3 Å². The van der Waals surface area contributed by atoms with Gasteiger partial charge in [-0.25, -0.2) is 0 Å². The monoisotopic (exact) mass is 245 g/mol. The molecule has 0 heterocycles. The number of ether oxygens (including phenoxy) is 2. The largest absolute Gasteiger partial charge is 0.379 e. The standard InChI is InChI=1S/C14H31NO2/c1-6-13(15-7-2)9-8-10-16-11-12-17-14(3,4)5/h13,15H,6-12H2,1-5H3. The predicted molar refractivity (Wildman–Crippen MR) is 73.5 cm³/mol. The van der Waals surface area contributed by atoms with Gasteiger partial charge in [-0.1, -0.05) is 13.8 Å². The second-order valence-corrected chi connectivity index (χ2v) is 5.38. The first-order chi connectivity index (χ1) is 7.99. The van der Waals surface area contributed by atoms with Gasteiger partial charge in [0.1, 0.15) is 0 Å². The summed E-state index contributed by atoms with van der Waals surface area (Å²) in [5.41, 5.74) is -0.0539. The maximum Gasteiger partial charge on any atom is 0.0707 e. The zero-order valence-electron chi connectivity index (χ0n) is 12.3. The summed E-state index contributed by atoms with van der Waals surface area (Å²) in [5.74, 6) is 0. The second-order valence-electron chi connectivity index (χ2n) is 5.38. The second kappa shape index (κ2) is 9.86. The van der Waals surface area contributed by atoms with Crippen molar-refractivity contribution in [3.05, 3.63) is 0 Å². The third-order valence-corrected chi connectivity index (χ3v) is 2.59. The lowest BCUT2D eigenvalue weighted by Crippen LogP contribution is -2.28. The van der Waals surface area contributed by atoms with Gasteiger partial charge in [0.25, 0.3) is 0 Å². The molecule has 3 nitrogen and oxygen atoms in total. The molecule has 0 bridgehead atoms. The molecule has 0 saturated carbocycles. The van der Waals surface area contributed by atoms with Gasteiger partial charge in [0.15, 0.2) is 0 Å². The molecule has 0 aromatic carbocycles. The van der Waals surface area contributed by atoms with Crippen molar-refractivity contribution in [3.8, 4) is 0 Å². The molecule has 104 valence electrons. The Morgan fingerprint density at radius 3 is 2.29 bits per heavy atom. The predicted octanol–water partition coefficient (Wildman–Crippen LogP) is 2.99. The Labute approximate surface area is 107 Å². The van der Waals surface area contributed by atoms with Gasteiger partial charge in [0, 0.05) is 12.6 Å². The fourth-order valence-electron chi connectivity index (χ4n) is 1.68. The van der Waals surface area contributed by atoms with Crippen LogP contribution in [0.3, 0.4) is 0 Å². The quantitative estimate of drug-likeness (QED) is 0.600. The lowest BCUT2D eigenvalue weighted by Gasteiger charge is -2.19. The Hall–Kier alpha value is -0.120. The highest BCUT2D eigenvalue weighted by Crippen LogP contribution is 2.06. The Balaban J connectivity index is 3.28. The van der Waals surface area contributed by atoms with E-state index >= 15 is 0 Å². The van der Waals surface area contributed by atoms with E-state index in [1.165, 1.54) is 12.8 Å². The van der Waals surface area contributed by atoms with Gasteiger partial charge in [-0.15, -0.1) is 0 Å². The van der Waals surface area contributed by atoms with Crippen molar-refractivity contribution in [2.45, 2.75) is 65.5 Å². The molecule has 0 aliphatic heterocycles. The maximum absolute atomic E-state index is 5.58. The molecule has 1 atom stereocenters. The number of hydrogen-bond acceptors (Lipinski definition) is 3. The number of hydrogen-bond donors (Lipinski definition) is 1. The zero-order valence-corrected chi connectivity index (χ0v) is 12.3. The van der Waals surface area contributed by atoms with Crippen LogP contribution in [0.2, 0.25) is 0 Å².